The summed E-state index contributed by atoms with van der Waals surface area (Å²) in [5.74, 6) is 0.755. The first kappa shape index (κ1) is 25.2. The van der Waals surface area contributed by atoms with Crippen LogP contribution < -0.4 is 25.4 Å². The normalized spacial score (nSPS) is 16.3. The Morgan fingerprint density at radius 2 is 1.55 bits per heavy atom. The second kappa shape index (κ2) is 8.73. The molecular formula is C25H23BNO9S2+. The summed E-state index contributed by atoms with van der Waals surface area (Å²) >= 11 is 0. The van der Waals surface area contributed by atoms with Crippen molar-refractivity contribution in [3.8, 4) is 11.5 Å². The van der Waals surface area contributed by atoms with Crippen molar-refractivity contribution in [2.45, 2.75) is 35.5 Å². The molecule has 0 unspecified atom stereocenters. The van der Waals surface area contributed by atoms with Crippen LogP contribution in [0.2, 0.25) is 0 Å². The molecule has 0 aromatic heterocycles. The number of hydrogen-bond donors (Lipinski definition) is 4. The summed E-state index contributed by atoms with van der Waals surface area (Å²) < 4.78 is 76.9. The lowest BCUT2D eigenvalue weighted by atomic mass is 9.78. The molecular weight excluding hydrogens is 533 g/mol. The van der Waals surface area contributed by atoms with E-state index in [-0.39, 0.29) is 16.8 Å². The Morgan fingerprint density at radius 3 is 2.24 bits per heavy atom. The minimum atomic E-state index is -4.95. The molecule has 3 aromatic rings. The van der Waals surface area contributed by atoms with Crippen molar-refractivity contribution < 1.29 is 40.7 Å². The fourth-order valence-corrected chi connectivity index (χ4v) is 7.06. The van der Waals surface area contributed by atoms with Gasteiger partial charge in [-0.05, 0) is 42.6 Å². The summed E-state index contributed by atoms with van der Waals surface area (Å²) in [6, 6.07) is 9.44. The van der Waals surface area contributed by atoms with Crippen molar-refractivity contribution in [3.05, 3.63) is 75.3 Å². The van der Waals surface area contributed by atoms with Crippen molar-refractivity contribution in [1.82, 2.24) is 4.58 Å². The van der Waals surface area contributed by atoms with Crippen molar-refractivity contribution in [2.24, 2.45) is 0 Å². The van der Waals surface area contributed by atoms with Gasteiger partial charge in [-0.1, -0.05) is 18.2 Å². The fourth-order valence-electron chi connectivity index (χ4n) is 5.75. The molecule has 0 bridgehead atoms. The number of benzene rings is 3. The van der Waals surface area contributed by atoms with E-state index in [0.29, 0.717) is 22.1 Å². The van der Waals surface area contributed by atoms with E-state index in [2.05, 4.69) is 4.58 Å². The molecule has 3 heterocycles. The molecule has 0 fully saturated rings. The quantitative estimate of drug-likeness (QED) is 0.149. The van der Waals surface area contributed by atoms with E-state index in [0.717, 1.165) is 67.4 Å². The van der Waals surface area contributed by atoms with Crippen LogP contribution in [0.3, 0.4) is 0 Å². The van der Waals surface area contributed by atoms with Gasteiger partial charge < -0.3 is 14.8 Å². The summed E-state index contributed by atoms with van der Waals surface area (Å²) in [7, 11) is -11.5. The van der Waals surface area contributed by atoms with E-state index < -0.39 is 37.1 Å². The summed E-state index contributed by atoms with van der Waals surface area (Å²) in [4.78, 5) is -1.38. The highest BCUT2D eigenvalue weighted by molar-refractivity contribution is 7.86. The Morgan fingerprint density at radius 1 is 0.842 bits per heavy atom. The molecule has 3 aromatic carbocycles. The number of fused-ring (bicyclic) bond motifs is 3. The van der Waals surface area contributed by atoms with Crippen LogP contribution in [-0.4, -0.2) is 56.2 Å². The third-order valence-electron chi connectivity index (χ3n) is 7.33. The van der Waals surface area contributed by atoms with Gasteiger partial charge in [0.25, 0.3) is 20.2 Å². The molecule has 0 radical (unpaired) electrons. The lowest BCUT2D eigenvalue weighted by Crippen LogP contribution is -2.45. The van der Waals surface area contributed by atoms with E-state index in [1.165, 1.54) is 18.2 Å². The van der Waals surface area contributed by atoms with E-state index in [1.807, 2.05) is 6.07 Å². The van der Waals surface area contributed by atoms with Crippen LogP contribution in [0, 0.1) is 0 Å². The van der Waals surface area contributed by atoms with Crippen LogP contribution >= 0.6 is 0 Å². The maximum Gasteiger partial charge on any atom is 0.488 e. The molecule has 0 saturated carbocycles. The molecule has 6 rings (SSSR count). The zero-order valence-electron chi connectivity index (χ0n) is 20.0. The molecule has 13 heteroatoms. The first-order valence-corrected chi connectivity index (χ1v) is 14.9. The monoisotopic (exact) mass is 556 g/mol. The molecule has 196 valence electrons. The minimum absolute atomic E-state index is 0.0126. The predicted octanol–water partition coefficient (Wildman–Crippen LogP) is -0.404. The molecule has 0 aliphatic carbocycles. The highest BCUT2D eigenvalue weighted by Crippen LogP contribution is 2.39. The van der Waals surface area contributed by atoms with Crippen LogP contribution in [0.25, 0.3) is 5.57 Å². The van der Waals surface area contributed by atoms with Gasteiger partial charge in [0.05, 0.1) is 10.5 Å². The maximum atomic E-state index is 12.5. The van der Waals surface area contributed by atoms with Gasteiger partial charge in [0.15, 0.2) is 0 Å². The molecule has 0 spiro atoms. The zero-order valence-corrected chi connectivity index (χ0v) is 21.6. The average molecular weight is 556 g/mol. The lowest BCUT2D eigenvalue weighted by molar-refractivity contribution is 0.423. The van der Waals surface area contributed by atoms with Gasteiger partial charge in [-0.3, -0.25) is 9.11 Å². The van der Waals surface area contributed by atoms with Gasteiger partial charge >= 0.3 is 7.12 Å². The lowest BCUT2D eigenvalue weighted by Gasteiger charge is -2.27. The largest absolute Gasteiger partial charge is 0.488 e. The van der Waals surface area contributed by atoms with Gasteiger partial charge in [0.1, 0.15) is 29.5 Å². The Hall–Kier alpha value is -3.07. The number of ether oxygens (including phenoxy) is 1. The maximum absolute atomic E-state index is 12.5. The van der Waals surface area contributed by atoms with Crippen LogP contribution in [-0.2, 0) is 33.1 Å². The molecule has 3 aliphatic heterocycles. The third kappa shape index (κ3) is 4.06. The second-order valence-electron chi connectivity index (χ2n) is 9.65. The van der Waals surface area contributed by atoms with Gasteiger partial charge in [0, 0.05) is 40.3 Å². The van der Waals surface area contributed by atoms with Crippen molar-refractivity contribution >= 4 is 38.4 Å². The van der Waals surface area contributed by atoms with Crippen molar-refractivity contribution in [2.75, 3.05) is 13.1 Å². The number of nitrogens with zero attached hydrogens (tertiary/aromatic N) is 1. The van der Waals surface area contributed by atoms with Gasteiger partial charge in [0.2, 0.25) is 5.36 Å². The van der Waals surface area contributed by atoms with E-state index in [4.69, 9.17) is 4.74 Å². The Bertz CT molecular complexity index is 1880. The third-order valence-corrected chi connectivity index (χ3v) is 9.07. The molecule has 38 heavy (non-hydrogen) atoms. The zero-order chi connectivity index (χ0) is 27.0. The summed E-state index contributed by atoms with van der Waals surface area (Å²) in [5, 5.41) is 21.2. The highest BCUT2D eigenvalue weighted by Gasteiger charge is 2.33. The SMILES string of the molecule is O=S(=O)(O)c1ccc(C2=c3cc4c5c(c3Oc3cc(B(O)O)ccc32)CCC[N+]=5CCC4)c(S(=O)(=O)O)c1. The topological polar surface area (TPSA) is 161 Å². The summed E-state index contributed by atoms with van der Waals surface area (Å²) in [6.07, 6.45) is 3.38. The van der Waals surface area contributed by atoms with Crippen molar-refractivity contribution in [3.63, 3.8) is 0 Å². The van der Waals surface area contributed by atoms with Crippen LogP contribution in [0.5, 0.6) is 11.5 Å². The van der Waals surface area contributed by atoms with E-state index >= 15 is 0 Å². The predicted molar refractivity (Wildman–Crippen MR) is 137 cm³/mol. The fraction of sp³-hybridized carbons (Fsp3) is 0.240. The Balaban J connectivity index is 1.79. The van der Waals surface area contributed by atoms with Crippen molar-refractivity contribution in [1.29, 1.82) is 0 Å². The Labute approximate surface area is 218 Å². The molecule has 0 saturated heterocycles. The molecule has 0 amide bonds. The number of hydrogen-bond acceptors (Lipinski definition) is 7. The van der Waals surface area contributed by atoms with E-state index in [1.54, 1.807) is 6.07 Å². The first-order chi connectivity index (χ1) is 17.9. The van der Waals surface area contributed by atoms with Gasteiger partial charge in [-0.25, -0.2) is 4.58 Å². The minimum Gasteiger partial charge on any atom is -0.456 e. The average Bonchev–Trinajstić information content (AvgIpc) is 2.86. The highest BCUT2D eigenvalue weighted by atomic mass is 32.2. The number of rotatable bonds is 4. The standard InChI is InChI=1S/C25H22BNO9S2/c28-26(29)15-5-7-17-21(12-15)36-25-19-4-2-10-27-9-1-3-14(24(19)27)11-20(25)23(17)18-8-6-16(37(30,31)32)13-22(18)38(33,34)35/h5-8,11-13,28-29H,1-4,9-10H2,(H-,30,31,32,33,34,35)/p+1. The molecule has 3 aliphatic rings. The van der Waals surface area contributed by atoms with Gasteiger partial charge in [-0.2, -0.15) is 16.8 Å². The summed E-state index contributed by atoms with van der Waals surface area (Å²) in [5.41, 5.74) is 3.01. The van der Waals surface area contributed by atoms with E-state index in [9.17, 15) is 36.0 Å². The molecule has 4 N–H and O–H groups in total. The first-order valence-electron chi connectivity index (χ1n) is 12.0. The second-order valence-corrected chi connectivity index (χ2v) is 12.5. The van der Waals surface area contributed by atoms with Crippen LogP contribution in [0.4, 0.5) is 0 Å². The Kier molecular flexibility index (Phi) is 5.80. The molecule has 10 nitrogen and oxygen atoms in total. The number of aryl methyl sites for hydroxylation is 1. The molecule has 0 atom stereocenters. The summed E-state index contributed by atoms with van der Waals surface area (Å²) in [6.45, 7) is 1.83. The smallest absolute Gasteiger partial charge is 0.456 e. The van der Waals surface area contributed by atoms with Crippen LogP contribution in [0.15, 0.2) is 52.3 Å². The van der Waals surface area contributed by atoms with Gasteiger partial charge in [-0.15, -0.1) is 0 Å². The van der Waals surface area contributed by atoms with Crippen LogP contribution in [0.1, 0.15) is 35.1 Å².